The van der Waals surface area contributed by atoms with Crippen molar-refractivity contribution in [2.45, 2.75) is 38.6 Å². The molecule has 6 nitrogen and oxygen atoms in total. The van der Waals surface area contributed by atoms with E-state index in [-0.39, 0.29) is 6.79 Å². The first-order valence-electron chi connectivity index (χ1n) is 12.0. The van der Waals surface area contributed by atoms with Gasteiger partial charge in [-0.1, -0.05) is 12.1 Å². The van der Waals surface area contributed by atoms with Gasteiger partial charge in [0.1, 0.15) is 11.5 Å². The van der Waals surface area contributed by atoms with Gasteiger partial charge < -0.3 is 28.7 Å². The van der Waals surface area contributed by atoms with Crippen molar-refractivity contribution >= 4 is 0 Å². The summed E-state index contributed by atoms with van der Waals surface area (Å²) >= 11 is 0. The van der Waals surface area contributed by atoms with E-state index >= 15 is 0 Å². The van der Waals surface area contributed by atoms with Crippen molar-refractivity contribution in [1.82, 2.24) is 9.80 Å². The molecule has 3 aliphatic rings. The number of likely N-dealkylation sites (tertiary alicyclic amines) is 1. The van der Waals surface area contributed by atoms with Gasteiger partial charge in [0.05, 0.1) is 6.61 Å². The molecule has 2 aromatic rings. The van der Waals surface area contributed by atoms with Crippen LogP contribution in [0.2, 0.25) is 0 Å². The van der Waals surface area contributed by atoms with Crippen LogP contribution < -0.4 is 18.9 Å². The minimum Gasteiger partial charge on any atom is -0.493 e. The first kappa shape index (κ1) is 22.0. The number of benzene rings is 2. The minimum atomic E-state index is 0.283. The predicted octanol–water partition coefficient (Wildman–Crippen LogP) is 5.21. The van der Waals surface area contributed by atoms with Crippen LogP contribution in [-0.2, 0) is 0 Å². The second-order valence-electron chi connectivity index (χ2n) is 9.50. The highest BCUT2D eigenvalue weighted by Gasteiger charge is 2.29. The standard InChI is InChI=1S/C27H34N2O4/c1-19(28(2)3)22-7-4-8-24(14-22)33-27(21-9-10-21)29-13-5-6-20(16-29)17-30-23-11-12-25-26(15-23)32-18-31-25/h4,7-8,11-12,14-15,19-20H,5-6,9-10,13,16-18H2,1-3H3. The molecule has 5 rings (SSSR count). The van der Waals surface area contributed by atoms with E-state index in [1.54, 1.807) is 0 Å². The highest BCUT2D eigenvalue weighted by molar-refractivity contribution is 5.46. The smallest absolute Gasteiger partial charge is 0.231 e. The predicted molar refractivity (Wildman–Crippen MR) is 128 cm³/mol. The third kappa shape index (κ3) is 5.22. The second kappa shape index (κ2) is 9.56. The largest absolute Gasteiger partial charge is 0.493 e. The third-order valence-electron chi connectivity index (χ3n) is 6.77. The van der Waals surface area contributed by atoms with Gasteiger partial charge in [-0.3, -0.25) is 0 Å². The van der Waals surface area contributed by atoms with Crippen LogP contribution >= 0.6 is 0 Å². The van der Waals surface area contributed by atoms with E-state index in [1.807, 2.05) is 18.2 Å². The number of allylic oxidation sites excluding steroid dienone is 1. The maximum absolute atomic E-state index is 6.53. The molecule has 176 valence electrons. The fourth-order valence-electron chi connectivity index (χ4n) is 4.45. The monoisotopic (exact) mass is 450 g/mol. The Kier molecular flexibility index (Phi) is 6.36. The van der Waals surface area contributed by atoms with Crippen molar-refractivity contribution in [3.05, 3.63) is 59.5 Å². The van der Waals surface area contributed by atoms with Crippen LogP contribution in [-0.4, -0.2) is 50.4 Å². The zero-order valence-corrected chi connectivity index (χ0v) is 19.9. The Labute approximate surface area is 196 Å². The summed E-state index contributed by atoms with van der Waals surface area (Å²) in [6.07, 6.45) is 4.59. The van der Waals surface area contributed by atoms with Gasteiger partial charge in [-0.25, -0.2) is 0 Å². The Morgan fingerprint density at radius 3 is 2.76 bits per heavy atom. The van der Waals surface area contributed by atoms with Crippen LogP contribution in [0.1, 0.15) is 44.2 Å². The lowest BCUT2D eigenvalue weighted by atomic mass is 9.99. The summed E-state index contributed by atoms with van der Waals surface area (Å²) in [7, 11) is 4.21. The summed E-state index contributed by atoms with van der Waals surface area (Å²) in [5.74, 6) is 4.83. The van der Waals surface area contributed by atoms with Crippen molar-refractivity contribution in [2.24, 2.45) is 5.92 Å². The molecule has 1 aliphatic carbocycles. The van der Waals surface area contributed by atoms with E-state index in [4.69, 9.17) is 18.9 Å². The Bertz CT molecular complexity index is 1010. The second-order valence-corrected chi connectivity index (χ2v) is 9.50. The molecule has 0 N–H and O–H groups in total. The summed E-state index contributed by atoms with van der Waals surface area (Å²) < 4.78 is 23.5. The van der Waals surface area contributed by atoms with Crippen molar-refractivity contribution in [2.75, 3.05) is 40.6 Å². The summed E-state index contributed by atoms with van der Waals surface area (Å²) in [5.41, 5.74) is 2.70. The summed E-state index contributed by atoms with van der Waals surface area (Å²) in [6, 6.07) is 14.7. The normalized spacial score (nSPS) is 20.1. The number of piperidine rings is 1. The molecule has 0 bridgehead atoms. The average Bonchev–Trinajstić information content (AvgIpc) is 3.57. The molecule has 2 aliphatic heterocycles. The Hall–Kier alpha value is -2.86. The number of nitrogens with zero attached hydrogens (tertiary/aromatic N) is 2. The SMILES string of the molecule is CC(c1cccc(OC(=C2CC2)N2CCCC(COc3ccc4c(c3)OCO4)C2)c1)N(C)C. The number of rotatable bonds is 8. The zero-order chi connectivity index (χ0) is 22.8. The fourth-order valence-corrected chi connectivity index (χ4v) is 4.45. The molecule has 2 heterocycles. The van der Waals surface area contributed by atoms with Gasteiger partial charge in [0, 0.05) is 31.1 Å². The van der Waals surface area contributed by atoms with Crippen molar-refractivity contribution in [3.63, 3.8) is 0 Å². The highest BCUT2D eigenvalue weighted by atomic mass is 16.7. The molecule has 0 amide bonds. The molecule has 1 saturated heterocycles. The van der Waals surface area contributed by atoms with Gasteiger partial charge in [-0.2, -0.15) is 0 Å². The van der Waals surface area contributed by atoms with Crippen molar-refractivity contribution in [3.8, 4) is 23.0 Å². The fraction of sp³-hybridized carbons (Fsp3) is 0.481. The summed E-state index contributed by atoms with van der Waals surface area (Å²) in [4.78, 5) is 4.65. The summed E-state index contributed by atoms with van der Waals surface area (Å²) in [5, 5.41) is 0. The number of hydrogen-bond donors (Lipinski definition) is 0. The van der Waals surface area contributed by atoms with E-state index in [2.05, 4.69) is 55.1 Å². The first-order chi connectivity index (χ1) is 16.1. The van der Waals surface area contributed by atoms with Crippen LogP contribution in [0.5, 0.6) is 23.0 Å². The minimum absolute atomic E-state index is 0.283. The Morgan fingerprint density at radius 1 is 1.09 bits per heavy atom. The molecule has 33 heavy (non-hydrogen) atoms. The molecule has 0 aromatic heterocycles. The third-order valence-corrected chi connectivity index (χ3v) is 6.77. The lowest BCUT2D eigenvalue weighted by molar-refractivity contribution is 0.117. The van der Waals surface area contributed by atoms with E-state index in [0.717, 1.165) is 61.2 Å². The molecular formula is C27H34N2O4. The van der Waals surface area contributed by atoms with Crippen molar-refractivity contribution < 1.29 is 18.9 Å². The summed E-state index contributed by atoms with van der Waals surface area (Å²) in [6.45, 7) is 5.18. The van der Waals surface area contributed by atoms with Gasteiger partial charge in [-0.15, -0.1) is 0 Å². The van der Waals surface area contributed by atoms with Gasteiger partial charge in [0.2, 0.25) is 6.79 Å². The molecule has 2 fully saturated rings. The van der Waals surface area contributed by atoms with Crippen molar-refractivity contribution in [1.29, 1.82) is 0 Å². The topological polar surface area (TPSA) is 43.4 Å². The first-order valence-corrected chi connectivity index (χ1v) is 12.0. The molecule has 2 atom stereocenters. The number of ether oxygens (including phenoxy) is 4. The lowest BCUT2D eigenvalue weighted by Crippen LogP contribution is -2.38. The highest BCUT2D eigenvalue weighted by Crippen LogP contribution is 2.37. The Balaban J connectivity index is 1.22. The Morgan fingerprint density at radius 2 is 1.94 bits per heavy atom. The molecule has 0 spiro atoms. The van der Waals surface area contributed by atoms with Crippen LogP contribution in [0.25, 0.3) is 0 Å². The van der Waals surface area contributed by atoms with E-state index in [9.17, 15) is 0 Å². The van der Waals surface area contributed by atoms with Crippen LogP contribution in [0.4, 0.5) is 0 Å². The quantitative estimate of drug-likeness (QED) is 0.514. The van der Waals surface area contributed by atoms with E-state index in [0.29, 0.717) is 18.6 Å². The number of fused-ring (bicyclic) bond motifs is 1. The maximum atomic E-state index is 6.53. The lowest BCUT2D eigenvalue weighted by Gasteiger charge is -2.35. The average molecular weight is 451 g/mol. The molecule has 2 aromatic carbocycles. The molecular weight excluding hydrogens is 416 g/mol. The van der Waals surface area contributed by atoms with Gasteiger partial charge in [0.15, 0.2) is 17.4 Å². The maximum Gasteiger partial charge on any atom is 0.231 e. The van der Waals surface area contributed by atoms with Gasteiger partial charge >= 0.3 is 0 Å². The van der Waals surface area contributed by atoms with Crippen LogP contribution in [0.3, 0.4) is 0 Å². The number of hydrogen-bond acceptors (Lipinski definition) is 6. The zero-order valence-electron chi connectivity index (χ0n) is 19.9. The molecule has 6 heteroatoms. The van der Waals surface area contributed by atoms with E-state index < -0.39 is 0 Å². The molecule has 2 unspecified atom stereocenters. The van der Waals surface area contributed by atoms with E-state index in [1.165, 1.54) is 17.6 Å². The van der Waals surface area contributed by atoms with Gasteiger partial charge in [0.25, 0.3) is 0 Å². The van der Waals surface area contributed by atoms with Crippen LogP contribution in [0.15, 0.2) is 53.9 Å². The van der Waals surface area contributed by atoms with Crippen LogP contribution in [0, 0.1) is 5.92 Å². The molecule has 1 saturated carbocycles. The molecule has 0 radical (unpaired) electrons. The van der Waals surface area contributed by atoms with Gasteiger partial charge in [-0.05, 0) is 82.1 Å².